The molecule has 134 valence electrons. The molecule has 0 amide bonds. The summed E-state index contributed by atoms with van der Waals surface area (Å²) in [6.45, 7) is 0. The molecule has 0 radical (unpaired) electrons. The van der Waals surface area contributed by atoms with Crippen LogP contribution >= 0.6 is 27.5 Å². The van der Waals surface area contributed by atoms with Crippen molar-refractivity contribution in [3.63, 3.8) is 0 Å². The number of halogens is 2. The maximum Gasteiger partial charge on any atom is 0.184 e. The maximum atomic E-state index is 6.75. The molecule has 2 aromatic carbocycles. The second-order valence-corrected chi connectivity index (χ2v) is 8.74. The lowest BCUT2D eigenvalue weighted by Crippen LogP contribution is -2.43. The monoisotopic (exact) mass is 439 g/mol. The Hall–Kier alpha value is -1.88. The predicted octanol–water partition coefficient (Wildman–Crippen LogP) is 5.57. The molecule has 3 aliphatic rings. The zero-order chi connectivity index (χ0) is 18.2. The standard InChI is InChI=1S/C22H15BrClNO2/c23-15-8-6-14(7-9-15)21-17(13-4-2-1-3-5-13)11-19-22(21,27-19)20-18(26-21)10-16(24)12-25-20/h1-10,12,17,19H,11H2/t17?,19-,21-,22+/m0/s1. The third-order valence-corrected chi connectivity index (χ3v) is 6.87. The lowest BCUT2D eigenvalue weighted by molar-refractivity contribution is -0.0168. The van der Waals surface area contributed by atoms with Crippen LogP contribution in [0.25, 0.3) is 0 Å². The molecule has 1 unspecified atom stereocenters. The number of pyridine rings is 1. The van der Waals surface area contributed by atoms with Crippen molar-refractivity contribution in [2.45, 2.75) is 29.6 Å². The van der Waals surface area contributed by atoms with E-state index in [9.17, 15) is 0 Å². The normalized spacial score (nSPS) is 32.4. The molecule has 1 saturated heterocycles. The van der Waals surface area contributed by atoms with Crippen molar-refractivity contribution in [1.82, 2.24) is 4.98 Å². The van der Waals surface area contributed by atoms with Crippen LogP contribution in [-0.2, 0) is 15.9 Å². The summed E-state index contributed by atoms with van der Waals surface area (Å²) in [5, 5.41) is 0.574. The Morgan fingerprint density at radius 1 is 1.04 bits per heavy atom. The molecule has 2 fully saturated rings. The van der Waals surface area contributed by atoms with Crippen molar-refractivity contribution in [1.29, 1.82) is 0 Å². The summed E-state index contributed by atoms with van der Waals surface area (Å²) < 4.78 is 14.1. The van der Waals surface area contributed by atoms with E-state index in [2.05, 4.69) is 69.4 Å². The molecule has 0 bridgehead atoms. The molecule has 27 heavy (non-hydrogen) atoms. The van der Waals surface area contributed by atoms with Crippen LogP contribution < -0.4 is 4.74 Å². The Balaban J connectivity index is 1.62. The summed E-state index contributed by atoms with van der Waals surface area (Å²) in [6.07, 6.45) is 2.69. The third kappa shape index (κ3) is 1.93. The number of aromatic nitrogens is 1. The van der Waals surface area contributed by atoms with E-state index in [1.807, 2.05) is 12.1 Å². The molecule has 6 rings (SSSR count). The summed E-state index contributed by atoms with van der Waals surface area (Å²) in [5.41, 5.74) is 2.06. The number of fused-ring (bicyclic) bond motifs is 1. The Morgan fingerprint density at radius 3 is 2.59 bits per heavy atom. The second kappa shape index (κ2) is 5.34. The van der Waals surface area contributed by atoms with Crippen molar-refractivity contribution in [3.05, 3.63) is 93.2 Å². The predicted molar refractivity (Wildman–Crippen MR) is 106 cm³/mol. The first kappa shape index (κ1) is 16.1. The van der Waals surface area contributed by atoms with Crippen molar-refractivity contribution in [2.75, 3.05) is 0 Å². The molecule has 1 spiro atoms. The largest absolute Gasteiger partial charge is 0.476 e. The van der Waals surface area contributed by atoms with Gasteiger partial charge in [-0.2, -0.15) is 0 Å². The summed E-state index contributed by atoms with van der Waals surface area (Å²) in [5.74, 6) is 0.903. The number of hydrogen-bond acceptors (Lipinski definition) is 3. The van der Waals surface area contributed by atoms with Crippen molar-refractivity contribution in [3.8, 4) is 5.75 Å². The van der Waals surface area contributed by atoms with E-state index in [0.29, 0.717) is 5.02 Å². The van der Waals surface area contributed by atoms with Gasteiger partial charge in [0.05, 0.1) is 11.1 Å². The summed E-state index contributed by atoms with van der Waals surface area (Å²) in [6, 6.07) is 20.8. The minimum Gasteiger partial charge on any atom is -0.476 e. The number of epoxide rings is 1. The van der Waals surface area contributed by atoms with E-state index in [0.717, 1.165) is 27.9 Å². The highest BCUT2D eigenvalue weighted by atomic mass is 79.9. The van der Waals surface area contributed by atoms with Gasteiger partial charge in [0.25, 0.3) is 0 Å². The van der Waals surface area contributed by atoms with Gasteiger partial charge in [-0.25, -0.2) is 0 Å². The van der Waals surface area contributed by atoms with Crippen molar-refractivity contribution >= 4 is 27.5 Å². The van der Waals surface area contributed by atoms with Gasteiger partial charge in [-0.1, -0.05) is 70.0 Å². The summed E-state index contributed by atoms with van der Waals surface area (Å²) >= 11 is 9.76. The van der Waals surface area contributed by atoms with Crippen LogP contribution in [0.1, 0.15) is 29.2 Å². The molecule has 2 aliphatic heterocycles. The van der Waals surface area contributed by atoms with E-state index in [4.69, 9.17) is 21.1 Å². The Kier molecular flexibility index (Phi) is 3.19. The highest BCUT2D eigenvalue weighted by Gasteiger charge is 2.84. The van der Waals surface area contributed by atoms with Gasteiger partial charge in [0.2, 0.25) is 0 Å². The minimum atomic E-state index is -0.639. The van der Waals surface area contributed by atoms with E-state index >= 15 is 0 Å². The smallest absolute Gasteiger partial charge is 0.184 e. The van der Waals surface area contributed by atoms with Gasteiger partial charge in [-0.05, 0) is 29.7 Å². The molecule has 3 nitrogen and oxygen atoms in total. The zero-order valence-electron chi connectivity index (χ0n) is 14.2. The molecular weight excluding hydrogens is 426 g/mol. The molecule has 3 heterocycles. The highest BCUT2D eigenvalue weighted by Crippen LogP contribution is 2.76. The number of ether oxygens (including phenoxy) is 2. The molecule has 1 aliphatic carbocycles. The lowest BCUT2D eigenvalue weighted by Gasteiger charge is -2.37. The zero-order valence-corrected chi connectivity index (χ0v) is 16.6. The van der Waals surface area contributed by atoms with Gasteiger partial charge in [-0.3, -0.25) is 4.98 Å². The fourth-order valence-corrected chi connectivity index (χ4v) is 5.49. The summed E-state index contributed by atoms with van der Waals surface area (Å²) in [4.78, 5) is 4.64. The number of hydrogen-bond donors (Lipinski definition) is 0. The van der Waals surface area contributed by atoms with Crippen LogP contribution in [0.5, 0.6) is 5.75 Å². The fraction of sp³-hybridized carbons (Fsp3) is 0.227. The number of benzene rings is 2. The van der Waals surface area contributed by atoms with Gasteiger partial charge in [-0.15, -0.1) is 0 Å². The van der Waals surface area contributed by atoms with Crippen LogP contribution in [0.3, 0.4) is 0 Å². The van der Waals surface area contributed by atoms with Crippen LogP contribution in [0, 0.1) is 0 Å². The maximum absolute atomic E-state index is 6.75. The fourth-order valence-electron chi connectivity index (χ4n) is 5.08. The second-order valence-electron chi connectivity index (χ2n) is 7.39. The van der Waals surface area contributed by atoms with Gasteiger partial charge in [0, 0.05) is 22.7 Å². The Bertz CT molecular complexity index is 1060. The first-order chi connectivity index (χ1) is 13.1. The van der Waals surface area contributed by atoms with E-state index < -0.39 is 11.2 Å². The first-order valence-electron chi connectivity index (χ1n) is 8.99. The Morgan fingerprint density at radius 2 is 1.81 bits per heavy atom. The SMILES string of the molecule is Clc1cnc2c(c1)O[C@@]1(c3ccc(Br)cc3)C(c3ccccc3)C[C@@H]3O[C@@]231. The average Bonchev–Trinajstić information content (AvgIpc) is 3.23. The molecule has 5 heteroatoms. The third-order valence-electron chi connectivity index (χ3n) is 6.13. The minimum absolute atomic E-state index is 0.0984. The van der Waals surface area contributed by atoms with Crippen LogP contribution in [-0.4, -0.2) is 11.1 Å². The van der Waals surface area contributed by atoms with Crippen LogP contribution in [0.15, 0.2) is 71.3 Å². The number of nitrogens with zero attached hydrogens (tertiary/aromatic N) is 1. The van der Waals surface area contributed by atoms with E-state index in [1.165, 1.54) is 5.56 Å². The van der Waals surface area contributed by atoms with Gasteiger partial charge >= 0.3 is 0 Å². The molecule has 4 atom stereocenters. The Labute approximate surface area is 170 Å². The van der Waals surface area contributed by atoms with Gasteiger partial charge in [0.15, 0.2) is 11.2 Å². The van der Waals surface area contributed by atoms with Gasteiger partial charge < -0.3 is 9.47 Å². The number of rotatable bonds is 2. The lowest BCUT2D eigenvalue weighted by atomic mass is 9.74. The first-order valence-corrected chi connectivity index (χ1v) is 10.2. The molecule has 3 aromatic rings. The molecule has 0 N–H and O–H groups in total. The van der Waals surface area contributed by atoms with Gasteiger partial charge in [0.1, 0.15) is 11.4 Å². The topological polar surface area (TPSA) is 34.6 Å². The average molecular weight is 441 g/mol. The quantitative estimate of drug-likeness (QED) is 0.489. The summed E-state index contributed by atoms with van der Waals surface area (Å²) in [7, 11) is 0. The van der Waals surface area contributed by atoms with E-state index in [1.54, 1.807) is 6.20 Å². The van der Waals surface area contributed by atoms with Crippen LogP contribution in [0.2, 0.25) is 5.02 Å². The van der Waals surface area contributed by atoms with Crippen molar-refractivity contribution < 1.29 is 9.47 Å². The van der Waals surface area contributed by atoms with Crippen LogP contribution in [0.4, 0.5) is 0 Å². The molecular formula is C22H15BrClNO2. The van der Waals surface area contributed by atoms with Crippen molar-refractivity contribution in [2.24, 2.45) is 0 Å². The molecule has 1 saturated carbocycles. The highest BCUT2D eigenvalue weighted by molar-refractivity contribution is 9.10. The molecule has 1 aromatic heterocycles. The van der Waals surface area contributed by atoms with E-state index in [-0.39, 0.29) is 12.0 Å².